The van der Waals surface area contributed by atoms with Crippen LogP contribution in [0.1, 0.15) is 34.6 Å². The molecule has 0 aliphatic carbocycles. The number of aliphatic hydroxyl groups excluding tert-OH is 1. The Kier molecular flexibility index (Phi) is 4.40. The summed E-state index contributed by atoms with van der Waals surface area (Å²) in [6, 6.07) is 0.152. The van der Waals surface area contributed by atoms with Crippen LogP contribution in [-0.2, 0) is 4.79 Å². The fourth-order valence-electron chi connectivity index (χ4n) is 1.13. The fraction of sp³-hybridized carbons (Fsp3) is 0.900. The lowest BCUT2D eigenvalue weighted by atomic mass is 9.94. The standard InChI is InChI=1S/C10H21NO2/c1-8(2)11(6-7-12)9(13)10(3,4)5/h8,12H,6-7H2,1-5H3. The highest BCUT2D eigenvalue weighted by molar-refractivity contribution is 5.81. The average molecular weight is 187 g/mol. The molecule has 0 spiro atoms. The molecule has 0 aliphatic rings. The Hall–Kier alpha value is -0.570. The van der Waals surface area contributed by atoms with Crippen molar-refractivity contribution < 1.29 is 9.90 Å². The lowest BCUT2D eigenvalue weighted by Gasteiger charge is -2.32. The molecule has 0 bridgehead atoms. The Bertz CT molecular complexity index is 170. The van der Waals surface area contributed by atoms with E-state index in [2.05, 4.69) is 0 Å². The van der Waals surface area contributed by atoms with Crippen LogP contribution in [0.4, 0.5) is 0 Å². The fourth-order valence-corrected chi connectivity index (χ4v) is 1.13. The van der Waals surface area contributed by atoms with Gasteiger partial charge in [-0.1, -0.05) is 20.8 Å². The number of hydrogen-bond acceptors (Lipinski definition) is 2. The highest BCUT2D eigenvalue weighted by Gasteiger charge is 2.28. The molecule has 0 aromatic rings. The van der Waals surface area contributed by atoms with Crippen molar-refractivity contribution in [3.05, 3.63) is 0 Å². The molecular weight excluding hydrogens is 166 g/mol. The summed E-state index contributed by atoms with van der Waals surface area (Å²) in [6.07, 6.45) is 0. The Balaban J connectivity index is 4.47. The van der Waals surface area contributed by atoms with Crippen LogP contribution in [0.25, 0.3) is 0 Å². The topological polar surface area (TPSA) is 40.5 Å². The van der Waals surface area contributed by atoms with Crippen LogP contribution in [0.3, 0.4) is 0 Å². The van der Waals surface area contributed by atoms with E-state index in [0.29, 0.717) is 6.54 Å². The third-order valence-corrected chi connectivity index (χ3v) is 1.87. The Morgan fingerprint density at radius 2 is 1.85 bits per heavy atom. The van der Waals surface area contributed by atoms with Gasteiger partial charge in [-0.25, -0.2) is 0 Å². The highest BCUT2D eigenvalue weighted by atomic mass is 16.3. The third kappa shape index (κ3) is 3.77. The first-order valence-electron chi connectivity index (χ1n) is 4.72. The molecule has 0 radical (unpaired) electrons. The summed E-state index contributed by atoms with van der Waals surface area (Å²) in [5.41, 5.74) is -0.362. The molecule has 0 saturated heterocycles. The van der Waals surface area contributed by atoms with E-state index in [1.165, 1.54) is 0 Å². The van der Waals surface area contributed by atoms with Crippen molar-refractivity contribution in [1.82, 2.24) is 4.90 Å². The number of amides is 1. The van der Waals surface area contributed by atoms with E-state index in [4.69, 9.17) is 5.11 Å². The predicted molar refractivity (Wildman–Crippen MR) is 53.4 cm³/mol. The van der Waals surface area contributed by atoms with E-state index in [-0.39, 0.29) is 24.0 Å². The lowest BCUT2D eigenvalue weighted by Crippen LogP contribution is -2.45. The summed E-state index contributed by atoms with van der Waals surface area (Å²) in [7, 11) is 0. The molecule has 13 heavy (non-hydrogen) atoms. The van der Waals surface area contributed by atoms with Crippen LogP contribution in [-0.4, -0.2) is 35.1 Å². The number of nitrogens with zero attached hydrogens (tertiary/aromatic N) is 1. The Morgan fingerprint density at radius 3 is 2.08 bits per heavy atom. The largest absolute Gasteiger partial charge is 0.395 e. The molecule has 0 aliphatic heterocycles. The second-order valence-corrected chi connectivity index (χ2v) is 4.57. The highest BCUT2D eigenvalue weighted by Crippen LogP contribution is 2.18. The van der Waals surface area contributed by atoms with Crippen LogP contribution >= 0.6 is 0 Å². The average Bonchev–Trinajstić information content (AvgIpc) is 1.96. The molecule has 0 aromatic heterocycles. The quantitative estimate of drug-likeness (QED) is 0.722. The molecule has 0 saturated carbocycles. The van der Waals surface area contributed by atoms with Crippen molar-refractivity contribution in [2.24, 2.45) is 5.41 Å². The monoisotopic (exact) mass is 187 g/mol. The molecule has 1 amide bonds. The van der Waals surface area contributed by atoms with Gasteiger partial charge in [0.25, 0.3) is 0 Å². The van der Waals surface area contributed by atoms with Gasteiger partial charge in [0.15, 0.2) is 0 Å². The Morgan fingerprint density at radius 1 is 1.38 bits per heavy atom. The summed E-state index contributed by atoms with van der Waals surface area (Å²) in [6.45, 7) is 10.0. The number of carbonyl (C=O) groups excluding carboxylic acids is 1. The molecule has 1 N–H and O–H groups in total. The number of carbonyl (C=O) groups is 1. The minimum absolute atomic E-state index is 0.0278. The summed E-state index contributed by atoms with van der Waals surface area (Å²) in [5, 5.41) is 8.81. The Labute approximate surface area is 80.7 Å². The van der Waals surface area contributed by atoms with Crippen LogP contribution in [0.5, 0.6) is 0 Å². The predicted octanol–water partition coefficient (Wildman–Crippen LogP) is 1.26. The SMILES string of the molecule is CC(C)N(CCO)C(=O)C(C)(C)C. The zero-order valence-electron chi connectivity index (χ0n) is 9.29. The summed E-state index contributed by atoms with van der Waals surface area (Å²) < 4.78 is 0. The maximum atomic E-state index is 11.8. The van der Waals surface area contributed by atoms with Gasteiger partial charge in [-0.3, -0.25) is 4.79 Å². The summed E-state index contributed by atoms with van der Waals surface area (Å²) >= 11 is 0. The lowest BCUT2D eigenvalue weighted by molar-refractivity contribution is -0.141. The molecule has 78 valence electrons. The zero-order valence-corrected chi connectivity index (χ0v) is 9.29. The van der Waals surface area contributed by atoms with Gasteiger partial charge in [-0.15, -0.1) is 0 Å². The normalized spacial score (nSPS) is 11.9. The van der Waals surface area contributed by atoms with Crippen molar-refractivity contribution in [2.75, 3.05) is 13.2 Å². The first-order valence-corrected chi connectivity index (χ1v) is 4.72. The zero-order chi connectivity index (χ0) is 10.6. The van der Waals surface area contributed by atoms with E-state index in [1.807, 2.05) is 34.6 Å². The molecule has 0 fully saturated rings. The molecular formula is C10H21NO2. The van der Waals surface area contributed by atoms with Crippen LogP contribution in [0.15, 0.2) is 0 Å². The number of aliphatic hydroxyl groups is 1. The van der Waals surface area contributed by atoms with Crippen LogP contribution < -0.4 is 0 Å². The number of hydrogen-bond donors (Lipinski definition) is 1. The molecule has 0 aromatic carbocycles. The molecule has 0 heterocycles. The van der Waals surface area contributed by atoms with E-state index >= 15 is 0 Å². The van der Waals surface area contributed by atoms with Gasteiger partial charge in [-0.05, 0) is 13.8 Å². The minimum Gasteiger partial charge on any atom is -0.395 e. The summed E-state index contributed by atoms with van der Waals surface area (Å²) in [4.78, 5) is 13.5. The van der Waals surface area contributed by atoms with E-state index in [0.717, 1.165) is 0 Å². The van der Waals surface area contributed by atoms with Crippen molar-refractivity contribution in [2.45, 2.75) is 40.7 Å². The maximum absolute atomic E-state index is 11.8. The minimum atomic E-state index is -0.362. The van der Waals surface area contributed by atoms with Gasteiger partial charge in [0.2, 0.25) is 5.91 Å². The van der Waals surface area contributed by atoms with Crippen molar-refractivity contribution in [3.8, 4) is 0 Å². The molecule has 3 nitrogen and oxygen atoms in total. The van der Waals surface area contributed by atoms with E-state index < -0.39 is 0 Å². The molecule has 3 heteroatoms. The van der Waals surface area contributed by atoms with Gasteiger partial charge < -0.3 is 10.0 Å². The van der Waals surface area contributed by atoms with Gasteiger partial charge in [-0.2, -0.15) is 0 Å². The van der Waals surface area contributed by atoms with Crippen molar-refractivity contribution in [1.29, 1.82) is 0 Å². The van der Waals surface area contributed by atoms with Crippen LogP contribution in [0.2, 0.25) is 0 Å². The second kappa shape index (κ2) is 4.61. The van der Waals surface area contributed by atoms with E-state index in [9.17, 15) is 4.79 Å². The molecule has 0 unspecified atom stereocenters. The third-order valence-electron chi connectivity index (χ3n) is 1.87. The molecule has 0 rings (SSSR count). The van der Waals surface area contributed by atoms with Gasteiger partial charge in [0.05, 0.1) is 6.61 Å². The van der Waals surface area contributed by atoms with Gasteiger partial charge in [0, 0.05) is 18.0 Å². The van der Waals surface area contributed by atoms with Crippen LogP contribution in [0, 0.1) is 5.41 Å². The first kappa shape index (κ1) is 12.4. The second-order valence-electron chi connectivity index (χ2n) is 4.57. The summed E-state index contributed by atoms with van der Waals surface area (Å²) in [5.74, 6) is 0.0940. The smallest absolute Gasteiger partial charge is 0.228 e. The van der Waals surface area contributed by atoms with Crippen molar-refractivity contribution >= 4 is 5.91 Å². The maximum Gasteiger partial charge on any atom is 0.228 e. The molecule has 0 atom stereocenters. The van der Waals surface area contributed by atoms with Gasteiger partial charge in [0.1, 0.15) is 0 Å². The van der Waals surface area contributed by atoms with Gasteiger partial charge >= 0.3 is 0 Å². The number of rotatable bonds is 3. The van der Waals surface area contributed by atoms with Crippen molar-refractivity contribution in [3.63, 3.8) is 0 Å². The first-order chi connectivity index (χ1) is 5.80. The van der Waals surface area contributed by atoms with E-state index in [1.54, 1.807) is 4.90 Å².